The zero-order chi connectivity index (χ0) is 27.7. The molecule has 0 aliphatic rings. The minimum absolute atomic E-state index is 0.0378. The number of benzene rings is 3. The number of amides is 2. The van der Waals surface area contributed by atoms with E-state index < -0.39 is 23.5 Å². The molecule has 3 rings (SSSR count). The number of para-hydroxylation sites is 1. The van der Waals surface area contributed by atoms with Crippen LogP contribution in [0.1, 0.15) is 56.3 Å². The third-order valence-corrected chi connectivity index (χ3v) is 6.16. The van der Waals surface area contributed by atoms with Gasteiger partial charge in [-0.1, -0.05) is 78.9 Å². The van der Waals surface area contributed by atoms with Gasteiger partial charge < -0.3 is 16.2 Å². The van der Waals surface area contributed by atoms with Crippen molar-refractivity contribution in [2.45, 2.75) is 51.2 Å². The highest BCUT2D eigenvalue weighted by molar-refractivity contribution is 6.18. The fourth-order valence-corrected chi connectivity index (χ4v) is 4.08. The first-order valence-electron chi connectivity index (χ1n) is 12.5. The van der Waals surface area contributed by atoms with Crippen LogP contribution in [0.25, 0.3) is 0 Å². The van der Waals surface area contributed by atoms with E-state index in [9.17, 15) is 19.5 Å². The van der Waals surface area contributed by atoms with E-state index in [1.54, 1.807) is 38.1 Å². The molecule has 0 unspecified atom stereocenters. The molecular weight excluding hydrogens is 480 g/mol. The normalized spacial score (nSPS) is 13.4. The van der Waals surface area contributed by atoms with E-state index in [2.05, 4.69) is 15.6 Å². The van der Waals surface area contributed by atoms with Gasteiger partial charge in [0.15, 0.2) is 0 Å². The van der Waals surface area contributed by atoms with Crippen molar-refractivity contribution >= 4 is 29.2 Å². The van der Waals surface area contributed by atoms with E-state index in [1.807, 2.05) is 67.6 Å². The molecule has 2 amide bonds. The molecule has 2 atom stereocenters. The monoisotopic (exact) mass is 514 g/mol. The number of aliphatic imine (C=N–C) groups is 1. The fraction of sp³-hybridized carbons (Fsp3) is 0.267. The Bertz CT molecular complexity index is 1290. The van der Waals surface area contributed by atoms with Crippen LogP contribution >= 0.6 is 0 Å². The van der Waals surface area contributed by atoms with Crippen molar-refractivity contribution in [3.63, 3.8) is 0 Å². The van der Waals surface area contributed by atoms with Crippen LogP contribution in [0, 0.1) is 0 Å². The van der Waals surface area contributed by atoms with Gasteiger partial charge in [-0.05, 0) is 38.8 Å². The van der Waals surface area contributed by atoms with Crippen LogP contribution in [0.4, 0.5) is 5.69 Å². The average molecular weight is 515 g/mol. The van der Waals surface area contributed by atoms with Crippen molar-refractivity contribution in [2.24, 2.45) is 10.7 Å². The number of hydrogen-bond donors (Lipinski definition) is 4. The van der Waals surface area contributed by atoms with Crippen molar-refractivity contribution < 1.29 is 19.5 Å². The molecule has 0 radical (unpaired) electrons. The van der Waals surface area contributed by atoms with Crippen LogP contribution in [-0.2, 0) is 14.4 Å². The van der Waals surface area contributed by atoms with Gasteiger partial charge in [-0.2, -0.15) is 0 Å². The third kappa shape index (κ3) is 7.60. The Balaban J connectivity index is 1.95. The summed E-state index contributed by atoms with van der Waals surface area (Å²) in [6.45, 7) is 5.61. The number of nitrogens with one attached hydrogen (secondary N) is 2. The Kier molecular flexibility index (Phi) is 9.51. The molecular formula is C30H34N4O4. The molecule has 0 saturated carbocycles. The van der Waals surface area contributed by atoms with Crippen molar-refractivity contribution in [1.29, 1.82) is 0 Å². The third-order valence-electron chi connectivity index (χ3n) is 6.16. The number of hydrogen-bond acceptors (Lipinski definition) is 5. The first kappa shape index (κ1) is 28.3. The number of anilines is 1. The van der Waals surface area contributed by atoms with E-state index in [-0.39, 0.29) is 24.8 Å². The molecule has 0 heterocycles. The summed E-state index contributed by atoms with van der Waals surface area (Å²) in [6, 6.07) is 24.8. The molecule has 198 valence electrons. The highest BCUT2D eigenvalue weighted by atomic mass is 16.4. The molecule has 8 heteroatoms. The summed E-state index contributed by atoms with van der Waals surface area (Å²) in [5.41, 5.74) is 7.49. The van der Waals surface area contributed by atoms with Crippen LogP contribution in [0.15, 0.2) is 89.9 Å². The van der Waals surface area contributed by atoms with Crippen LogP contribution in [0.5, 0.6) is 0 Å². The number of carboxylic acids is 1. The lowest BCUT2D eigenvalue weighted by Crippen LogP contribution is -2.50. The van der Waals surface area contributed by atoms with Crippen LogP contribution in [0.2, 0.25) is 0 Å². The lowest BCUT2D eigenvalue weighted by atomic mass is 9.97. The predicted octanol–water partition coefficient (Wildman–Crippen LogP) is 4.31. The highest BCUT2D eigenvalue weighted by Crippen LogP contribution is 2.24. The van der Waals surface area contributed by atoms with Gasteiger partial charge in [0.1, 0.15) is 6.04 Å². The van der Waals surface area contributed by atoms with E-state index in [1.165, 1.54) is 0 Å². The molecule has 0 bridgehead atoms. The van der Waals surface area contributed by atoms with Gasteiger partial charge in [0.2, 0.25) is 11.8 Å². The molecule has 0 saturated heterocycles. The molecule has 0 fully saturated rings. The smallest absolute Gasteiger partial charge is 0.328 e. The van der Waals surface area contributed by atoms with Crippen molar-refractivity contribution in [1.82, 2.24) is 5.32 Å². The second-order valence-corrected chi connectivity index (χ2v) is 9.60. The molecule has 0 aliphatic heterocycles. The van der Waals surface area contributed by atoms with Gasteiger partial charge in [0, 0.05) is 23.6 Å². The van der Waals surface area contributed by atoms with Gasteiger partial charge in [-0.25, -0.2) is 4.79 Å². The van der Waals surface area contributed by atoms with Crippen LogP contribution in [0.3, 0.4) is 0 Å². The Labute approximate surface area is 223 Å². The zero-order valence-electron chi connectivity index (χ0n) is 21.8. The summed E-state index contributed by atoms with van der Waals surface area (Å²) < 4.78 is 0. The molecule has 5 N–H and O–H groups in total. The number of carbonyl (C=O) groups is 3. The number of nitrogens with two attached hydrogens (primary N) is 1. The van der Waals surface area contributed by atoms with Gasteiger partial charge in [-0.15, -0.1) is 0 Å². The Morgan fingerprint density at radius 2 is 1.50 bits per heavy atom. The summed E-state index contributed by atoms with van der Waals surface area (Å²) in [5, 5.41) is 16.2. The summed E-state index contributed by atoms with van der Waals surface area (Å²) in [7, 11) is 0. The largest absolute Gasteiger partial charge is 0.480 e. The number of aliphatic carboxylic acids is 1. The maximum absolute atomic E-state index is 13.5. The molecule has 8 nitrogen and oxygen atoms in total. The van der Waals surface area contributed by atoms with Gasteiger partial charge in [0.05, 0.1) is 16.9 Å². The van der Waals surface area contributed by atoms with E-state index in [0.717, 1.165) is 5.56 Å². The first-order chi connectivity index (χ1) is 18.1. The van der Waals surface area contributed by atoms with Crippen molar-refractivity contribution in [2.75, 3.05) is 5.32 Å². The molecule has 3 aromatic rings. The summed E-state index contributed by atoms with van der Waals surface area (Å²) in [6.07, 6.45) is -0.149. The van der Waals surface area contributed by atoms with Crippen molar-refractivity contribution in [3.05, 3.63) is 102 Å². The van der Waals surface area contributed by atoms with E-state index >= 15 is 0 Å². The van der Waals surface area contributed by atoms with Crippen LogP contribution in [-0.4, -0.2) is 40.2 Å². The highest BCUT2D eigenvalue weighted by Gasteiger charge is 2.30. The Morgan fingerprint density at radius 3 is 2.11 bits per heavy atom. The molecule has 3 aromatic carbocycles. The number of carboxylic acid groups (broad SMARTS) is 1. The molecule has 38 heavy (non-hydrogen) atoms. The minimum atomic E-state index is -1.19. The van der Waals surface area contributed by atoms with Gasteiger partial charge >= 0.3 is 5.97 Å². The number of nitrogens with zero attached hydrogens (tertiary/aromatic N) is 1. The standard InChI is InChI=1S/C30H34N4O4/c1-20(21-12-6-4-7-13-21)34-30(2,3)29(38)33-24-17-11-10-16-23(24)27(22-14-8-5-9-15-22)32-25(28(36)37)18-19-26(31)35/h4-17,20,25,34H,18-19H2,1-3H3,(H2,31,35)(H,33,38)(H,36,37)/t20-,25+/m0/s1. The summed E-state index contributed by atoms with van der Waals surface area (Å²) in [5.74, 6) is -2.02. The second kappa shape index (κ2) is 12.8. The number of carbonyl (C=O) groups excluding carboxylic acids is 2. The van der Waals surface area contributed by atoms with E-state index in [4.69, 9.17) is 5.73 Å². The van der Waals surface area contributed by atoms with Gasteiger partial charge in [-0.3, -0.25) is 19.9 Å². The number of primary amides is 1. The summed E-state index contributed by atoms with van der Waals surface area (Å²) in [4.78, 5) is 41.3. The molecule has 0 aliphatic carbocycles. The quantitative estimate of drug-likeness (QED) is 0.267. The SMILES string of the molecule is C[C@H](NC(C)(C)C(=O)Nc1ccccc1C(=N[C@H](CCC(N)=O)C(=O)O)c1ccccc1)c1ccccc1. The Hall–Kier alpha value is -4.30. The molecule has 0 spiro atoms. The summed E-state index contributed by atoms with van der Waals surface area (Å²) >= 11 is 0. The second-order valence-electron chi connectivity index (χ2n) is 9.60. The average Bonchev–Trinajstić information content (AvgIpc) is 2.89. The predicted molar refractivity (Wildman–Crippen MR) is 149 cm³/mol. The van der Waals surface area contributed by atoms with E-state index in [0.29, 0.717) is 22.5 Å². The maximum atomic E-state index is 13.5. The zero-order valence-corrected chi connectivity index (χ0v) is 21.8. The number of rotatable bonds is 12. The first-order valence-corrected chi connectivity index (χ1v) is 12.5. The van der Waals surface area contributed by atoms with Gasteiger partial charge in [0.25, 0.3) is 0 Å². The fourth-order valence-electron chi connectivity index (χ4n) is 4.08. The lowest BCUT2D eigenvalue weighted by Gasteiger charge is -2.30. The topological polar surface area (TPSA) is 134 Å². The minimum Gasteiger partial charge on any atom is -0.480 e. The van der Waals surface area contributed by atoms with Crippen molar-refractivity contribution in [3.8, 4) is 0 Å². The lowest BCUT2D eigenvalue weighted by molar-refractivity contribution is -0.138. The van der Waals surface area contributed by atoms with Crippen LogP contribution < -0.4 is 16.4 Å². The maximum Gasteiger partial charge on any atom is 0.328 e. The molecule has 0 aromatic heterocycles. The Morgan fingerprint density at radius 1 is 0.921 bits per heavy atom.